The Kier molecular flexibility index (Phi) is 5.61. The molecule has 2 fully saturated rings. The second-order valence-electron chi connectivity index (χ2n) is 9.94. The van der Waals surface area contributed by atoms with Gasteiger partial charge in [-0.05, 0) is 82.8 Å². The van der Waals surface area contributed by atoms with Crippen molar-refractivity contribution < 1.29 is 9.53 Å². The third-order valence-electron chi connectivity index (χ3n) is 7.50. The van der Waals surface area contributed by atoms with Crippen LogP contribution in [0.25, 0.3) is 11.4 Å². The summed E-state index contributed by atoms with van der Waals surface area (Å²) in [5.74, 6) is 3.39. The number of rotatable bonds is 5. The van der Waals surface area contributed by atoms with Gasteiger partial charge in [0.1, 0.15) is 17.3 Å². The minimum atomic E-state index is 0.184. The Morgan fingerprint density at radius 1 is 1.03 bits per heavy atom. The van der Waals surface area contributed by atoms with E-state index in [1.54, 1.807) is 0 Å². The molecule has 1 saturated carbocycles. The Morgan fingerprint density at radius 3 is 2.59 bits per heavy atom. The lowest BCUT2D eigenvalue weighted by Gasteiger charge is -2.36. The number of aromatic nitrogens is 2. The van der Waals surface area contributed by atoms with Crippen molar-refractivity contribution in [2.75, 3.05) is 18.0 Å². The van der Waals surface area contributed by atoms with Crippen molar-refractivity contribution in [2.24, 2.45) is 5.92 Å². The van der Waals surface area contributed by atoms with Crippen LogP contribution in [-0.2, 0) is 11.2 Å². The van der Waals surface area contributed by atoms with Gasteiger partial charge in [-0.15, -0.1) is 0 Å². The maximum atomic E-state index is 13.2. The van der Waals surface area contributed by atoms with Crippen molar-refractivity contribution in [3.8, 4) is 22.9 Å². The van der Waals surface area contributed by atoms with E-state index in [1.165, 1.54) is 5.69 Å². The van der Waals surface area contributed by atoms with Crippen LogP contribution in [0.15, 0.2) is 48.7 Å². The second kappa shape index (κ2) is 8.91. The van der Waals surface area contributed by atoms with Crippen LogP contribution in [0.5, 0.6) is 11.5 Å². The predicted molar refractivity (Wildman–Crippen MR) is 133 cm³/mol. The normalized spacial score (nSPS) is 20.7. The molecule has 3 aromatic rings. The van der Waals surface area contributed by atoms with Gasteiger partial charge in [-0.2, -0.15) is 0 Å². The first-order chi connectivity index (χ1) is 16.7. The van der Waals surface area contributed by atoms with Gasteiger partial charge >= 0.3 is 0 Å². The van der Waals surface area contributed by atoms with Crippen LogP contribution in [0.4, 0.5) is 5.69 Å². The number of nitrogens with one attached hydrogen (secondary N) is 2. The molecule has 34 heavy (non-hydrogen) atoms. The lowest BCUT2D eigenvalue weighted by Crippen LogP contribution is -2.43. The molecule has 2 N–H and O–H groups in total. The van der Waals surface area contributed by atoms with E-state index in [9.17, 15) is 4.79 Å². The van der Waals surface area contributed by atoms with Gasteiger partial charge < -0.3 is 19.9 Å². The number of benzene rings is 2. The van der Waals surface area contributed by atoms with E-state index in [0.717, 1.165) is 85.8 Å². The number of imidazole rings is 1. The summed E-state index contributed by atoms with van der Waals surface area (Å²) in [4.78, 5) is 23.6. The highest BCUT2D eigenvalue weighted by Crippen LogP contribution is 2.46. The number of aromatic amines is 1. The molecule has 6 nitrogen and oxygen atoms in total. The molecule has 1 saturated heterocycles. The van der Waals surface area contributed by atoms with E-state index in [0.29, 0.717) is 5.92 Å². The maximum absolute atomic E-state index is 13.2. The number of carbonyl (C=O) groups is 1. The molecule has 1 amide bonds. The lowest BCUT2D eigenvalue weighted by molar-refractivity contribution is -0.120. The number of fused-ring (bicyclic) bond motifs is 1. The molecule has 176 valence electrons. The highest BCUT2D eigenvalue weighted by Gasteiger charge is 2.39. The molecule has 1 atom stereocenters. The number of piperidine rings is 1. The molecular formula is C28H32N4O2. The molecule has 1 aliphatic carbocycles. The van der Waals surface area contributed by atoms with Gasteiger partial charge in [-0.25, -0.2) is 4.98 Å². The van der Waals surface area contributed by atoms with Crippen LogP contribution in [0.3, 0.4) is 0 Å². The van der Waals surface area contributed by atoms with Crippen LogP contribution in [0, 0.1) is 5.92 Å². The van der Waals surface area contributed by atoms with Gasteiger partial charge in [-0.1, -0.05) is 18.2 Å². The Balaban J connectivity index is 1.43. The van der Waals surface area contributed by atoms with Crippen LogP contribution >= 0.6 is 0 Å². The van der Waals surface area contributed by atoms with Crippen molar-refractivity contribution in [3.63, 3.8) is 0 Å². The molecule has 0 unspecified atom stereocenters. The number of para-hydroxylation sites is 1. The predicted octanol–water partition coefficient (Wildman–Crippen LogP) is 5.41. The van der Waals surface area contributed by atoms with Crippen molar-refractivity contribution in [1.29, 1.82) is 0 Å². The van der Waals surface area contributed by atoms with Gasteiger partial charge in [0.2, 0.25) is 5.91 Å². The summed E-state index contributed by atoms with van der Waals surface area (Å²) in [7, 11) is 0. The number of hydrogen-bond donors (Lipinski definition) is 2. The van der Waals surface area contributed by atoms with Crippen molar-refractivity contribution in [3.05, 3.63) is 59.9 Å². The number of amides is 1. The molecule has 2 aromatic carbocycles. The molecular weight excluding hydrogens is 424 g/mol. The molecule has 1 aromatic heterocycles. The number of carbonyl (C=O) groups excluding carboxylic acids is 1. The first kappa shape index (κ1) is 21.4. The summed E-state index contributed by atoms with van der Waals surface area (Å²) in [5, 5.41) is 3.44. The Morgan fingerprint density at radius 2 is 1.82 bits per heavy atom. The maximum Gasteiger partial charge on any atom is 0.230 e. The first-order valence-corrected chi connectivity index (χ1v) is 12.7. The van der Waals surface area contributed by atoms with Crippen molar-refractivity contribution in [2.45, 2.75) is 57.4 Å². The number of ether oxygens (including phenoxy) is 1. The number of nitrogens with zero attached hydrogens (tertiary/aromatic N) is 2. The summed E-state index contributed by atoms with van der Waals surface area (Å²) in [6.07, 6.45) is 8.05. The highest BCUT2D eigenvalue weighted by atomic mass is 16.5. The van der Waals surface area contributed by atoms with E-state index >= 15 is 0 Å². The zero-order chi connectivity index (χ0) is 23.1. The van der Waals surface area contributed by atoms with Gasteiger partial charge in [0.15, 0.2) is 0 Å². The van der Waals surface area contributed by atoms with Gasteiger partial charge in [0.05, 0.1) is 11.3 Å². The topological polar surface area (TPSA) is 70.2 Å². The zero-order valence-corrected chi connectivity index (χ0v) is 19.7. The fourth-order valence-electron chi connectivity index (χ4n) is 5.39. The van der Waals surface area contributed by atoms with E-state index in [2.05, 4.69) is 29.4 Å². The molecule has 0 spiro atoms. The summed E-state index contributed by atoms with van der Waals surface area (Å²) in [6.45, 7) is 4.25. The highest BCUT2D eigenvalue weighted by molar-refractivity contribution is 5.99. The van der Waals surface area contributed by atoms with Crippen molar-refractivity contribution in [1.82, 2.24) is 15.3 Å². The lowest BCUT2D eigenvalue weighted by atomic mass is 9.93. The number of hydrogen-bond acceptors (Lipinski definition) is 4. The minimum Gasteiger partial charge on any atom is -0.456 e. The Labute approximate surface area is 200 Å². The molecule has 6 rings (SSSR count). The van der Waals surface area contributed by atoms with Crippen LogP contribution in [-0.4, -0.2) is 35.0 Å². The van der Waals surface area contributed by atoms with Crippen molar-refractivity contribution >= 4 is 11.6 Å². The van der Waals surface area contributed by atoms with E-state index in [4.69, 9.17) is 9.72 Å². The van der Waals surface area contributed by atoms with Gasteiger partial charge in [0, 0.05) is 35.3 Å². The monoisotopic (exact) mass is 456 g/mol. The van der Waals surface area contributed by atoms with E-state index < -0.39 is 0 Å². The van der Waals surface area contributed by atoms with Gasteiger partial charge in [0.25, 0.3) is 0 Å². The Hall–Kier alpha value is -3.12. The number of anilines is 1. The third kappa shape index (κ3) is 4.00. The quantitative estimate of drug-likeness (QED) is 0.538. The molecule has 3 heterocycles. The average molecular weight is 457 g/mol. The third-order valence-corrected chi connectivity index (χ3v) is 7.50. The van der Waals surface area contributed by atoms with Crippen LogP contribution < -0.4 is 15.0 Å². The van der Waals surface area contributed by atoms with E-state index in [1.807, 2.05) is 41.4 Å². The second-order valence-corrected chi connectivity index (χ2v) is 9.94. The molecule has 3 aliphatic rings. The average Bonchev–Trinajstić information content (AvgIpc) is 3.61. The summed E-state index contributed by atoms with van der Waals surface area (Å²) < 4.78 is 6.55. The standard InChI is InChI=1S/C28H32N4O2/c1-18-7-10-22-25(32(18)28(33)20-8-9-20)12-11-23(26(22)34-21-5-3-2-4-6-21)27-30-17-24(31-27)19-13-15-29-16-14-19/h2-6,11-12,17-20,29H,7-10,13-16H2,1H3,(H,30,31)/t18-/m0/s1. The van der Waals surface area contributed by atoms with Crippen LogP contribution in [0.2, 0.25) is 0 Å². The number of H-pyrrole nitrogens is 1. The van der Waals surface area contributed by atoms with E-state index in [-0.39, 0.29) is 17.9 Å². The summed E-state index contributed by atoms with van der Waals surface area (Å²) >= 11 is 0. The van der Waals surface area contributed by atoms with Crippen LogP contribution in [0.1, 0.15) is 56.2 Å². The SMILES string of the molecule is C[C@H]1CCc2c(ccc(-c3ncc(C4CCNCC4)[nH]3)c2Oc2ccccc2)N1C(=O)C1CC1. The molecule has 2 aliphatic heterocycles. The minimum absolute atomic E-state index is 0.184. The zero-order valence-electron chi connectivity index (χ0n) is 19.7. The molecule has 6 heteroatoms. The first-order valence-electron chi connectivity index (χ1n) is 12.7. The fraction of sp³-hybridized carbons (Fsp3) is 0.429. The molecule has 0 radical (unpaired) electrons. The summed E-state index contributed by atoms with van der Waals surface area (Å²) in [5.41, 5.74) is 4.25. The largest absolute Gasteiger partial charge is 0.456 e. The Bertz CT molecular complexity index is 1180. The smallest absolute Gasteiger partial charge is 0.230 e. The summed E-state index contributed by atoms with van der Waals surface area (Å²) in [6, 6.07) is 14.3. The fourth-order valence-corrected chi connectivity index (χ4v) is 5.39. The molecule has 0 bridgehead atoms. The van der Waals surface area contributed by atoms with Gasteiger partial charge in [-0.3, -0.25) is 4.79 Å².